The van der Waals surface area contributed by atoms with Crippen molar-refractivity contribution in [1.29, 1.82) is 0 Å². The summed E-state index contributed by atoms with van der Waals surface area (Å²) < 4.78 is 27.5. The lowest BCUT2D eigenvalue weighted by Gasteiger charge is -2.19. The molecule has 0 saturated heterocycles. The Hall–Kier alpha value is -4.15. The van der Waals surface area contributed by atoms with Crippen LogP contribution in [0.3, 0.4) is 0 Å². The fourth-order valence-electron chi connectivity index (χ4n) is 3.66. The predicted molar refractivity (Wildman–Crippen MR) is 132 cm³/mol. The molecule has 3 aromatic carbocycles. The minimum absolute atomic E-state index is 0.206. The fraction of sp³-hybridized carbons (Fsp3) is 0.115. The second-order valence-corrected chi connectivity index (χ2v) is 9.11. The van der Waals surface area contributed by atoms with Crippen molar-refractivity contribution in [2.45, 2.75) is 18.9 Å². The second-order valence-electron chi connectivity index (χ2n) is 8.03. The average molecular weight is 510 g/mol. The Kier molecular flexibility index (Phi) is 7.67. The molecule has 36 heavy (non-hydrogen) atoms. The lowest BCUT2D eigenvalue weighted by molar-refractivity contribution is -0.126. The number of carbonyl (C=O) groups excluding carboxylic acids is 3. The van der Waals surface area contributed by atoms with E-state index in [2.05, 4.69) is 10.6 Å². The number of anilines is 1. The Morgan fingerprint density at radius 2 is 1.67 bits per heavy atom. The van der Waals surface area contributed by atoms with Crippen LogP contribution >= 0.6 is 11.3 Å². The van der Waals surface area contributed by atoms with Crippen LogP contribution in [0.1, 0.15) is 20.8 Å². The van der Waals surface area contributed by atoms with E-state index in [9.17, 15) is 23.2 Å². The molecule has 0 radical (unpaired) electrons. The number of fused-ring (bicyclic) bond motifs is 1. The Bertz CT molecular complexity index is 1430. The minimum Gasteiger partial charge on any atom is -0.344 e. The second kappa shape index (κ2) is 11.1. The Morgan fingerprint density at radius 1 is 0.889 bits per heavy atom. The van der Waals surface area contributed by atoms with Crippen molar-refractivity contribution in [3.05, 3.63) is 100 Å². The van der Waals surface area contributed by atoms with Crippen molar-refractivity contribution < 1.29 is 28.4 Å². The normalized spacial score (nSPS) is 11.6. The van der Waals surface area contributed by atoms with E-state index in [1.165, 1.54) is 17.4 Å². The van der Waals surface area contributed by atoms with Gasteiger partial charge in [0.05, 0.1) is 11.3 Å². The molecule has 1 atom stereocenters. The van der Waals surface area contributed by atoms with Gasteiger partial charge in [0.25, 0.3) is 5.91 Å². The van der Waals surface area contributed by atoms with Gasteiger partial charge in [-0.2, -0.15) is 0 Å². The van der Waals surface area contributed by atoms with E-state index in [-0.39, 0.29) is 18.4 Å². The molecule has 1 heterocycles. The van der Waals surface area contributed by atoms with Crippen LogP contribution in [0.4, 0.5) is 14.5 Å². The Balaban J connectivity index is 1.51. The molecule has 1 aromatic heterocycles. The van der Waals surface area contributed by atoms with Crippen LogP contribution in [0.2, 0.25) is 0 Å². The summed E-state index contributed by atoms with van der Waals surface area (Å²) in [7, 11) is 0. The van der Waals surface area contributed by atoms with Crippen molar-refractivity contribution in [2.75, 3.05) is 5.32 Å². The summed E-state index contributed by atoms with van der Waals surface area (Å²) in [4.78, 5) is 37.8. The van der Waals surface area contributed by atoms with E-state index < -0.39 is 35.4 Å². The summed E-state index contributed by atoms with van der Waals surface area (Å²) in [6, 6.07) is 18.1. The number of thiophene rings is 1. The van der Waals surface area contributed by atoms with Crippen molar-refractivity contribution in [3.63, 3.8) is 0 Å². The lowest BCUT2D eigenvalue weighted by Crippen LogP contribution is -2.45. The fourth-order valence-corrected chi connectivity index (χ4v) is 4.59. The minimum atomic E-state index is -1.05. The number of benzene rings is 3. The molecule has 0 fully saturated rings. The Morgan fingerprint density at radius 3 is 2.39 bits per heavy atom. The molecule has 0 spiro atoms. The molecule has 10 heteroatoms. The molecule has 0 aliphatic carbocycles. The molecule has 0 bridgehead atoms. The number of nitrogens with one attached hydrogen (secondary N) is 3. The molecule has 7 nitrogen and oxygen atoms in total. The highest BCUT2D eigenvalue weighted by Crippen LogP contribution is 2.28. The van der Waals surface area contributed by atoms with Crippen molar-refractivity contribution >= 4 is 44.8 Å². The molecule has 184 valence electrons. The van der Waals surface area contributed by atoms with Gasteiger partial charge in [-0.1, -0.05) is 36.4 Å². The summed E-state index contributed by atoms with van der Waals surface area (Å²) in [5.41, 5.74) is 3.14. The first-order chi connectivity index (χ1) is 17.3. The summed E-state index contributed by atoms with van der Waals surface area (Å²) in [6.45, 7) is 0. The van der Waals surface area contributed by atoms with Crippen LogP contribution < -0.4 is 16.1 Å². The van der Waals surface area contributed by atoms with Gasteiger partial charge in [0.1, 0.15) is 6.04 Å². The standard InChI is InChI=1S/C26H21F2N3O4S/c27-19-8-6-16(10-20(19)28)12-24(32)30-21(11-15-4-2-1-3-5-15)25(33)29-18-7-9-22-17(13-18)14-23(36-22)26(34)31-35/h1-10,13-14,21,35H,11-12H2,(H,29,33)(H,30,32)(H,31,34). The number of hydrogen-bond acceptors (Lipinski definition) is 5. The number of hydrogen-bond donors (Lipinski definition) is 4. The number of carbonyl (C=O) groups is 3. The van der Waals surface area contributed by atoms with Crippen LogP contribution in [0.25, 0.3) is 10.1 Å². The highest BCUT2D eigenvalue weighted by Gasteiger charge is 2.22. The summed E-state index contributed by atoms with van der Waals surface area (Å²) >= 11 is 1.18. The van der Waals surface area contributed by atoms with Crippen LogP contribution in [-0.4, -0.2) is 29.0 Å². The third kappa shape index (κ3) is 6.09. The SMILES string of the molecule is O=C(Cc1ccc(F)c(F)c1)NC(Cc1ccccc1)C(=O)Nc1ccc2sc(C(=O)NO)cc2c1. The third-order valence-electron chi connectivity index (χ3n) is 5.39. The topological polar surface area (TPSA) is 108 Å². The van der Waals surface area contributed by atoms with Crippen molar-refractivity contribution in [1.82, 2.24) is 10.8 Å². The lowest BCUT2D eigenvalue weighted by atomic mass is 10.0. The quantitative estimate of drug-likeness (QED) is 0.211. The average Bonchev–Trinajstić information content (AvgIpc) is 3.29. The van der Waals surface area contributed by atoms with Crippen molar-refractivity contribution in [3.8, 4) is 0 Å². The van der Waals surface area contributed by atoms with Gasteiger partial charge in [-0.3, -0.25) is 19.6 Å². The molecule has 0 aliphatic rings. The van der Waals surface area contributed by atoms with Gasteiger partial charge >= 0.3 is 0 Å². The molecule has 1 unspecified atom stereocenters. The van der Waals surface area contributed by atoms with Gasteiger partial charge < -0.3 is 10.6 Å². The maximum Gasteiger partial charge on any atom is 0.284 e. The maximum absolute atomic E-state index is 13.5. The smallest absolute Gasteiger partial charge is 0.284 e. The zero-order valence-electron chi connectivity index (χ0n) is 18.8. The molecular weight excluding hydrogens is 488 g/mol. The van der Waals surface area contributed by atoms with Gasteiger partial charge in [-0.15, -0.1) is 11.3 Å². The monoisotopic (exact) mass is 509 g/mol. The Labute approximate surface area is 208 Å². The summed E-state index contributed by atoms with van der Waals surface area (Å²) in [5.74, 6) is -3.69. The molecule has 0 aliphatic heterocycles. The van der Waals surface area contributed by atoms with Crippen LogP contribution in [0.5, 0.6) is 0 Å². The zero-order chi connectivity index (χ0) is 25.7. The van der Waals surface area contributed by atoms with Gasteiger partial charge in [0.15, 0.2) is 11.6 Å². The van der Waals surface area contributed by atoms with E-state index >= 15 is 0 Å². The number of rotatable bonds is 8. The summed E-state index contributed by atoms with van der Waals surface area (Å²) in [5, 5.41) is 15.0. The molecular formula is C26H21F2N3O4S. The molecule has 4 aromatic rings. The van der Waals surface area contributed by atoms with E-state index in [1.54, 1.807) is 29.7 Å². The summed E-state index contributed by atoms with van der Waals surface area (Å²) in [6.07, 6.45) is -0.0238. The first-order valence-corrected chi connectivity index (χ1v) is 11.7. The van der Waals surface area contributed by atoms with E-state index in [4.69, 9.17) is 5.21 Å². The van der Waals surface area contributed by atoms with Crippen LogP contribution in [-0.2, 0) is 22.4 Å². The largest absolute Gasteiger partial charge is 0.344 e. The van der Waals surface area contributed by atoms with Gasteiger partial charge in [-0.25, -0.2) is 14.3 Å². The predicted octanol–water partition coefficient (Wildman–Crippen LogP) is 4.21. The number of amides is 3. The highest BCUT2D eigenvalue weighted by atomic mass is 32.1. The van der Waals surface area contributed by atoms with Gasteiger partial charge in [0, 0.05) is 16.8 Å². The zero-order valence-corrected chi connectivity index (χ0v) is 19.6. The highest BCUT2D eigenvalue weighted by molar-refractivity contribution is 7.20. The first kappa shape index (κ1) is 25.0. The molecule has 3 amide bonds. The van der Waals surface area contributed by atoms with Crippen molar-refractivity contribution in [2.24, 2.45) is 0 Å². The van der Waals surface area contributed by atoms with E-state index in [1.807, 2.05) is 30.3 Å². The molecule has 4 rings (SSSR count). The number of halogens is 2. The third-order valence-corrected chi connectivity index (χ3v) is 6.51. The number of hydroxylamine groups is 1. The maximum atomic E-state index is 13.5. The molecule has 4 N–H and O–H groups in total. The first-order valence-electron chi connectivity index (χ1n) is 10.9. The van der Waals surface area contributed by atoms with Gasteiger partial charge in [-0.05, 0) is 52.9 Å². The van der Waals surface area contributed by atoms with Gasteiger partial charge in [0.2, 0.25) is 11.8 Å². The van der Waals surface area contributed by atoms with Crippen LogP contribution in [0.15, 0.2) is 72.8 Å². The van der Waals surface area contributed by atoms with E-state index in [0.29, 0.717) is 16.0 Å². The van der Waals surface area contributed by atoms with Crippen LogP contribution in [0, 0.1) is 11.6 Å². The van der Waals surface area contributed by atoms with E-state index in [0.717, 1.165) is 22.4 Å². The molecule has 0 saturated carbocycles.